The van der Waals surface area contributed by atoms with Crippen LogP contribution in [-0.2, 0) is 6.54 Å². The number of rotatable bonds is 2. The van der Waals surface area contributed by atoms with Gasteiger partial charge in [-0.2, -0.15) is 0 Å². The molecular weight excluding hydrogens is 232 g/mol. The van der Waals surface area contributed by atoms with Gasteiger partial charge < -0.3 is 5.73 Å². The highest BCUT2D eigenvalue weighted by Gasteiger charge is 2.42. The van der Waals surface area contributed by atoms with Crippen molar-refractivity contribution in [2.75, 3.05) is 18.8 Å². The lowest BCUT2D eigenvalue weighted by molar-refractivity contribution is -0.0177. The zero-order chi connectivity index (χ0) is 13.3. The molecule has 1 saturated carbocycles. The predicted octanol–water partition coefficient (Wildman–Crippen LogP) is 3.73. The summed E-state index contributed by atoms with van der Waals surface area (Å²) in [6, 6.07) is 6.31. The van der Waals surface area contributed by atoms with Gasteiger partial charge in [-0.05, 0) is 42.4 Å². The molecule has 2 nitrogen and oxygen atoms in total. The predicted molar refractivity (Wildman–Crippen MR) is 81.0 cm³/mol. The first-order valence-electron chi connectivity index (χ1n) is 7.75. The summed E-state index contributed by atoms with van der Waals surface area (Å²) in [5.74, 6) is 0. The van der Waals surface area contributed by atoms with Crippen molar-refractivity contribution in [3.8, 4) is 0 Å². The third kappa shape index (κ3) is 2.64. The Kier molecular flexibility index (Phi) is 3.53. The minimum absolute atomic E-state index is 0.671. The number of nitrogens with two attached hydrogens (primary N) is 1. The summed E-state index contributed by atoms with van der Waals surface area (Å²) in [6.07, 6.45) is 8.72. The molecule has 104 valence electrons. The van der Waals surface area contributed by atoms with Gasteiger partial charge in [0.05, 0.1) is 0 Å². The molecule has 0 aromatic heterocycles. The summed E-state index contributed by atoms with van der Waals surface area (Å²) in [5.41, 5.74) is 10.3. The number of nitrogen functional groups attached to an aromatic ring is 1. The van der Waals surface area contributed by atoms with E-state index in [0.29, 0.717) is 5.41 Å². The van der Waals surface area contributed by atoms with Gasteiger partial charge in [-0.15, -0.1) is 0 Å². The number of hydrogen-bond donors (Lipinski definition) is 1. The van der Waals surface area contributed by atoms with Crippen LogP contribution in [0.3, 0.4) is 0 Å². The second-order valence-corrected chi connectivity index (χ2v) is 6.69. The van der Waals surface area contributed by atoms with Crippen molar-refractivity contribution in [1.29, 1.82) is 0 Å². The summed E-state index contributed by atoms with van der Waals surface area (Å²) >= 11 is 0. The summed E-state index contributed by atoms with van der Waals surface area (Å²) < 4.78 is 0. The lowest BCUT2D eigenvalue weighted by Gasteiger charge is -2.50. The van der Waals surface area contributed by atoms with Crippen LogP contribution in [0.2, 0.25) is 0 Å². The lowest BCUT2D eigenvalue weighted by atomic mass is 9.73. The molecule has 2 fully saturated rings. The van der Waals surface area contributed by atoms with Crippen LogP contribution in [-0.4, -0.2) is 18.0 Å². The van der Waals surface area contributed by atoms with Gasteiger partial charge >= 0.3 is 0 Å². The minimum Gasteiger partial charge on any atom is -0.399 e. The maximum Gasteiger partial charge on any atom is 0.0346 e. The first-order valence-corrected chi connectivity index (χ1v) is 7.75. The molecule has 1 heterocycles. The molecular formula is C17H26N2. The van der Waals surface area contributed by atoms with E-state index >= 15 is 0 Å². The van der Waals surface area contributed by atoms with Crippen molar-refractivity contribution in [2.45, 2.75) is 52.0 Å². The van der Waals surface area contributed by atoms with Gasteiger partial charge in [-0.3, -0.25) is 4.90 Å². The van der Waals surface area contributed by atoms with E-state index < -0.39 is 0 Å². The number of anilines is 1. The average Bonchev–Trinajstić information content (AvgIpc) is 2.60. The maximum atomic E-state index is 5.99. The highest BCUT2D eigenvalue weighted by Crippen LogP contribution is 2.43. The van der Waals surface area contributed by atoms with E-state index in [1.165, 1.54) is 62.7 Å². The normalized spacial score (nSPS) is 23.0. The van der Waals surface area contributed by atoms with E-state index in [1.54, 1.807) is 0 Å². The molecule has 1 aliphatic carbocycles. The van der Waals surface area contributed by atoms with Gasteiger partial charge in [-0.25, -0.2) is 0 Å². The molecule has 1 aromatic carbocycles. The average molecular weight is 258 g/mol. The smallest absolute Gasteiger partial charge is 0.0346 e. The second-order valence-electron chi connectivity index (χ2n) is 6.69. The van der Waals surface area contributed by atoms with E-state index in [2.05, 4.69) is 24.0 Å². The molecule has 0 radical (unpaired) electrons. The number of nitrogens with zero attached hydrogens (tertiary/aromatic N) is 1. The van der Waals surface area contributed by atoms with Crippen LogP contribution < -0.4 is 5.73 Å². The van der Waals surface area contributed by atoms with E-state index in [0.717, 1.165) is 12.2 Å². The van der Waals surface area contributed by atoms with E-state index in [4.69, 9.17) is 5.73 Å². The molecule has 0 atom stereocenters. The Morgan fingerprint density at radius 2 is 1.79 bits per heavy atom. The second kappa shape index (κ2) is 5.16. The highest BCUT2D eigenvalue weighted by molar-refractivity contribution is 5.49. The quantitative estimate of drug-likeness (QED) is 0.819. The SMILES string of the molecule is Cc1c(N)cccc1CN1CC2(CCCCCC2)C1. The van der Waals surface area contributed by atoms with Crippen molar-refractivity contribution in [2.24, 2.45) is 5.41 Å². The van der Waals surface area contributed by atoms with E-state index in [-0.39, 0.29) is 0 Å². The van der Waals surface area contributed by atoms with Gasteiger partial charge in [0.15, 0.2) is 0 Å². The van der Waals surface area contributed by atoms with Crippen molar-refractivity contribution < 1.29 is 0 Å². The molecule has 0 bridgehead atoms. The van der Waals surface area contributed by atoms with Crippen molar-refractivity contribution in [1.82, 2.24) is 4.90 Å². The molecule has 2 heteroatoms. The van der Waals surface area contributed by atoms with Crippen LogP contribution in [0.15, 0.2) is 18.2 Å². The van der Waals surface area contributed by atoms with Crippen LogP contribution in [0.1, 0.15) is 49.7 Å². The highest BCUT2D eigenvalue weighted by atomic mass is 15.2. The first kappa shape index (κ1) is 13.0. The van der Waals surface area contributed by atoms with Gasteiger partial charge in [-0.1, -0.05) is 37.8 Å². The summed E-state index contributed by atoms with van der Waals surface area (Å²) in [4.78, 5) is 2.60. The molecule has 1 aliphatic heterocycles. The largest absolute Gasteiger partial charge is 0.399 e. The van der Waals surface area contributed by atoms with Gasteiger partial charge in [0.2, 0.25) is 0 Å². The van der Waals surface area contributed by atoms with Gasteiger partial charge in [0.1, 0.15) is 0 Å². The summed E-state index contributed by atoms with van der Waals surface area (Å²) in [6.45, 7) is 5.84. The molecule has 1 saturated heterocycles. The molecule has 1 spiro atoms. The van der Waals surface area contributed by atoms with Gasteiger partial charge in [0, 0.05) is 25.3 Å². The lowest BCUT2D eigenvalue weighted by Crippen LogP contribution is -2.55. The van der Waals surface area contributed by atoms with Crippen LogP contribution in [0.4, 0.5) is 5.69 Å². The third-order valence-electron chi connectivity index (χ3n) is 5.16. The van der Waals surface area contributed by atoms with Crippen LogP contribution in [0.5, 0.6) is 0 Å². The van der Waals surface area contributed by atoms with Crippen molar-refractivity contribution >= 4 is 5.69 Å². The Morgan fingerprint density at radius 3 is 2.47 bits per heavy atom. The third-order valence-corrected chi connectivity index (χ3v) is 5.16. The Bertz CT molecular complexity index is 437. The Morgan fingerprint density at radius 1 is 1.11 bits per heavy atom. The van der Waals surface area contributed by atoms with Crippen molar-refractivity contribution in [3.05, 3.63) is 29.3 Å². The molecule has 3 rings (SSSR count). The molecule has 1 aromatic rings. The maximum absolute atomic E-state index is 5.99. The summed E-state index contributed by atoms with van der Waals surface area (Å²) in [7, 11) is 0. The fraction of sp³-hybridized carbons (Fsp3) is 0.647. The van der Waals surface area contributed by atoms with Crippen LogP contribution in [0, 0.1) is 12.3 Å². The fourth-order valence-electron chi connectivity index (χ4n) is 3.92. The zero-order valence-electron chi connectivity index (χ0n) is 12.1. The van der Waals surface area contributed by atoms with E-state index in [9.17, 15) is 0 Å². The Hall–Kier alpha value is -1.02. The number of likely N-dealkylation sites (tertiary alicyclic amines) is 1. The fourth-order valence-corrected chi connectivity index (χ4v) is 3.92. The monoisotopic (exact) mass is 258 g/mol. The number of hydrogen-bond acceptors (Lipinski definition) is 2. The Balaban J connectivity index is 1.60. The molecule has 0 amide bonds. The van der Waals surface area contributed by atoms with E-state index in [1.807, 2.05) is 6.07 Å². The zero-order valence-corrected chi connectivity index (χ0v) is 12.1. The molecule has 2 aliphatic rings. The number of benzene rings is 1. The molecule has 0 unspecified atom stereocenters. The Labute approximate surface area is 117 Å². The first-order chi connectivity index (χ1) is 9.19. The standard InChI is InChI=1S/C17H26N2/c1-14-15(7-6-8-16(14)18)11-19-12-17(13-19)9-4-2-3-5-10-17/h6-8H,2-5,9-13,18H2,1H3. The van der Waals surface area contributed by atoms with Gasteiger partial charge in [0.25, 0.3) is 0 Å². The molecule has 2 N–H and O–H groups in total. The van der Waals surface area contributed by atoms with Crippen LogP contribution in [0.25, 0.3) is 0 Å². The minimum atomic E-state index is 0.671. The summed E-state index contributed by atoms with van der Waals surface area (Å²) in [5, 5.41) is 0. The van der Waals surface area contributed by atoms with Crippen LogP contribution >= 0.6 is 0 Å². The topological polar surface area (TPSA) is 29.3 Å². The molecule has 19 heavy (non-hydrogen) atoms. The van der Waals surface area contributed by atoms with Crippen molar-refractivity contribution in [3.63, 3.8) is 0 Å².